The molecule has 0 N–H and O–H groups in total. The molecule has 0 aliphatic heterocycles. The van der Waals surface area contributed by atoms with Gasteiger partial charge in [0.2, 0.25) is 0 Å². The van der Waals surface area contributed by atoms with Crippen molar-refractivity contribution in [2.75, 3.05) is 0 Å². The second kappa shape index (κ2) is 2.79. The van der Waals surface area contributed by atoms with Crippen LogP contribution < -0.4 is 0 Å². The lowest BCUT2D eigenvalue weighted by Gasteiger charge is -1.92. The van der Waals surface area contributed by atoms with Gasteiger partial charge in [-0.3, -0.25) is 0 Å². The maximum absolute atomic E-state index is 5.52. The Balaban J connectivity index is 2.50. The second-order valence-electron chi connectivity index (χ2n) is 2.80. The van der Waals surface area contributed by atoms with Crippen LogP contribution in [0.15, 0.2) is 28.0 Å². The molecule has 1 nitrogen and oxygen atoms in total. The van der Waals surface area contributed by atoms with E-state index in [2.05, 4.69) is 18.4 Å². The average molecular weight is 178 g/mol. The van der Waals surface area contributed by atoms with Crippen molar-refractivity contribution in [1.29, 1.82) is 0 Å². The van der Waals surface area contributed by atoms with Crippen molar-refractivity contribution in [3.63, 3.8) is 0 Å². The molecule has 0 radical (unpaired) electrons. The highest BCUT2D eigenvalue weighted by atomic mass is 32.1. The number of aryl methyl sites for hydroxylation is 2. The molecule has 2 aromatic rings. The molecule has 0 unspecified atom stereocenters. The maximum atomic E-state index is 5.52. The van der Waals surface area contributed by atoms with Crippen molar-refractivity contribution in [1.82, 2.24) is 0 Å². The predicted molar refractivity (Wildman–Crippen MR) is 51.5 cm³/mol. The lowest BCUT2D eigenvalue weighted by atomic mass is 10.2. The number of hydrogen-bond acceptors (Lipinski definition) is 2. The first kappa shape index (κ1) is 7.62. The largest absolute Gasteiger partial charge is 0.461 e. The summed E-state index contributed by atoms with van der Waals surface area (Å²) >= 11 is 1.75. The normalized spacial score (nSPS) is 10.5. The van der Waals surface area contributed by atoms with Crippen molar-refractivity contribution in [2.45, 2.75) is 13.8 Å². The minimum absolute atomic E-state index is 0.968. The van der Waals surface area contributed by atoms with E-state index in [0.717, 1.165) is 11.5 Å². The molecule has 62 valence electrons. The van der Waals surface area contributed by atoms with Crippen LogP contribution in [-0.4, -0.2) is 0 Å². The Morgan fingerprint density at radius 1 is 1.17 bits per heavy atom. The van der Waals surface area contributed by atoms with Crippen LogP contribution in [0, 0.1) is 13.8 Å². The Bertz CT molecular complexity index is 384. The average Bonchev–Trinajstić information content (AvgIpc) is 2.58. The number of furan rings is 1. The molecular formula is C10H10OS. The molecule has 0 atom stereocenters. The van der Waals surface area contributed by atoms with Crippen molar-refractivity contribution in [3.8, 4) is 11.3 Å². The first-order chi connectivity index (χ1) is 5.77. The van der Waals surface area contributed by atoms with Crippen LogP contribution in [0.1, 0.15) is 10.6 Å². The van der Waals surface area contributed by atoms with E-state index in [-0.39, 0.29) is 0 Å². The summed E-state index contributed by atoms with van der Waals surface area (Å²) in [5.74, 6) is 1.95. The van der Waals surface area contributed by atoms with Crippen molar-refractivity contribution in [3.05, 3.63) is 34.2 Å². The van der Waals surface area contributed by atoms with E-state index in [1.54, 1.807) is 11.3 Å². The van der Waals surface area contributed by atoms with Crippen molar-refractivity contribution >= 4 is 11.3 Å². The molecule has 0 bridgehead atoms. The standard InChI is InChI=1S/C10H10OS/c1-7-3-4-10(11-7)9-5-6-12-8(9)2/h3-6H,1-2H3. The fourth-order valence-corrected chi connectivity index (χ4v) is 1.92. The molecule has 2 rings (SSSR count). The van der Waals surface area contributed by atoms with Crippen molar-refractivity contribution < 1.29 is 4.42 Å². The molecule has 12 heavy (non-hydrogen) atoms. The Labute approximate surface area is 75.7 Å². The van der Waals surface area contributed by atoms with Gasteiger partial charge < -0.3 is 4.42 Å². The van der Waals surface area contributed by atoms with Crippen molar-refractivity contribution in [2.24, 2.45) is 0 Å². The summed E-state index contributed by atoms with van der Waals surface area (Å²) in [4.78, 5) is 1.31. The Morgan fingerprint density at radius 2 is 2.00 bits per heavy atom. The van der Waals surface area contributed by atoms with Gasteiger partial charge in [-0.1, -0.05) is 0 Å². The molecule has 2 heteroatoms. The van der Waals surface area contributed by atoms with Gasteiger partial charge in [-0.15, -0.1) is 11.3 Å². The van der Waals surface area contributed by atoms with E-state index in [1.165, 1.54) is 10.4 Å². The van der Waals surface area contributed by atoms with Gasteiger partial charge in [0, 0.05) is 10.4 Å². The van der Waals surface area contributed by atoms with Crippen LogP contribution >= 0.6 is 11.3 Å². The third-order valence-electron chi connectivity index (χ3n) is 1.86. The van der Waals surface area contributed by atoms with E-state index in [4.69, 9.17) is 4.42 Å². The first-order valence-electron chi connectivity index (χ1n) is 3.88. The summed E-state index contributed by atoms with van der Waals surface area (Å²) in [6.07, 6.45) is 0. The van der Waals surface area contributed by atoms with E-state index in [1.807, 2.05) is 19.1 Å². The van der Waals surface area contributed by atoms with E-state index < -0.39 is 0 Å². The summed E-state index contributed by atoms with van der Waals surface area (Å²) in [6, 6.07) is 6.11. The Morgan fingerprint density at radius 3 is 2.50 bits per heavy atom. The number of thiophene rings is 1. The molecule has 0 aliphatic rings. The first-order valence-corrected chi connectivity index (χ1v) is 4.76. The van der Waals surface area contributed by atoms with Crippen LogP contribution in [0.5, 0.6) is 0 Å². The van der Waals surface area contributed by atoms with Crippen LogP contribution in [-0.2, 0) is 0 Å². The number of rotatable bonds is 1. The fraction of sp³-hybridized carbons (Fsp3) is 0.200. The summed E-state index contributed by atoms with van der Waals surface area (Å²) in [7, 11) is 0. The number of hydrogen-bond donors (Lipinski definition) is 0. The molecule has 0 aromatic carbocycles. The van der Waals surface area contributed by atoms with Gasteiger partial charge in [0.25, 0.3) is 0 Å². The zero-order valence-corrected chi connectivity index (χ0v) is 7.94. The SMILES string of the molecule is Cc1ccc(-c2ccsc2C)o1. The van der Waals surface area contributed by atoms with Gasteiger partial charge in [0.05, 0.1) is 0 Å². The topological polar surface area (TPSA) is 13.1 Å². The fourth-order valence-electron chi connectivity index (χ4n) is 1.22. The molecule has 2 aromatic heterocycles. The smallest absolute Gasteiger partial charge is 0.135 e. The van der Waals surface area contributed by atoms with Gasteiger partial charge >= 0.3 is 0 Å². The van der Waals surface area contributed by atoms with Crippen LogP contribution in [0.25, 0.3) is 11.3 Å². The zero-order chi connectivity index (χ0) is 8.55. The third kappa shape index (κ3) is 1.18. The maximum Gasteiger partial charge on any atom is 0.135 e. The Hall–Kier alpha value is -1.02. The highest BCUT2D eigenvalue weighted by Crippen LogP contribution is 2.28. The molecular weight excluding hydrogens is 168 g/mol. The van der Waals surface area contributed by atoms with Gasteiger partial charge in [0.1, 0.15) is 11.5 Å². The lowest BCUT2D eigenvalue weighted by molar-refractivity contribution is 0.548. The summed E-state index contributed by atoms with van der Waals surface area (Å²) in [5.41, 5.74) is 1.22. The van der Waals surface area contributed by atoms with E-state index in [0.29, 0.717) is 0 Å². The van der Waals surface area contributed by atoms with Gasteiger partial charge in [-0.05, 0) is 37.4 Å². The minimum Gasteiger partial charge on any atom is -0.461 e. The third-order valence-corrected chi connectivity index (χ3v) is 2.71. The quantitative estimate of drug-likeness (QED) is 0.650. The monoisotopic (exact) mass is 178 g/mol. The summed E-state index contributed by atoms with van der Waals surface area (Å²) < 4.78 is 5.52. The highest BCUT2D eigenvalue weighted by molar-refractivity contribution is 7.10. The zero-order valence-electron chi connectivity index (χ0n) is 7.13. The van der Waals surface area contributed by atoms with Crippen LogP contribution in [0.4, 0.5) is 0 Å². The molecule has 0 amide bonds. The molecule has 0 fully saturated rings. The van der Waals surface area contributed by atoms with Crippen LogP contribution in [0.3, 0.4) is 0 Å². The van der Waals surface area contributed by atoms with E-state index in [9.17, 15) is 0 Å². The lowest BCUT2D eigenvalue weighted by Crippen LogP contribution is -1.69. The van der Waals surface area contributed by atoms with Crippen LogP contribution in [0.2, 0.25) is 0 Å². The molecule has 0 saturated heterocycles. The molecule has 0 spiro atoms. The summed E-state index contributed by atoms with van der Waals surface area (Å²) in [5, 5.41) is 2.09. The van der Waals surface area contributed by atoms with Gasteiger partial charge in [-0.25, -0.2) is 0 Å². The van der Waals surface area contributed by atoms with Gasteiger partial charge in [-0.2, -0.15) is 0 Å². The van der Waals surface area contributed by atoms with E-state index >= 15 is 0 Å². The molecule has 2 heterocycles. The summed E-state index contributed by atoms with van der Waals surface area (Å²) in [6.45, 7) is 4.07. The second-order valence-corrected chi connectivity index (χ2v) is 3.92. The molecule has 0 aliphatic carbocycles. The van der Waals surface area contributed by atoms with Gasteiger partial charge in [0.15, 0.2) is 0 Å². The highest BCUT2D eigenvalue weighted by Gasteiger charge is 2.05. The molecule has 0 saturated carbocycles. The minimum atomic E-state index is 0.968. The Kier molecular flexibility index (Phi) is 1.77. The predicted octanol–water partition coefficient (Wildman–Crippen LogP) is 3.62.